The lowest BCUT2D eigenvalue weighted by molar-refractivity contribution is 0.305. The molecule has 19 heavy (non-hydrogen) atoms. The maximum Gasteiger partial charge on any atom is 0.140 e. The van der Waals surface area contributed by atoms with Crippen LogP contribution in [-0.2, 0) is 6.61 Å². The number of nitrogens with two attached hydrogens (primary N) is 1. The van der Waals surface area contributed by atoms with Gasteiger partial charge in [-0.1, -0.05) is 6.07 Å². The molecule has 1 atom stereocenters. The Kier molecular flexibility index (Phi) is 4.22. The van der Waals surface area contributed by atoms with E-state index in [0.717, 1.165) is 21.3 Å². The average molecular weight is 276 g/mol. The molecule has 0 bridgehead atoms. The van der Waals surface area contributed by atoms with Crippen LogP contribution in [0.5, 0.6) is 5.75 Å². The number of aromatic nitrogens is 1. The van der Waals surface area contributed by atoms with E-state index in [1.165, 1.54) is 11.1 Å². The van der Waals surface area contributed by atoms with Gasteiger partial charge < -0.3 is 10.5 Å². The summed E-state index contributed by atoms with van der Waals surface area (Å²) in [6.07, 6.45) is 0. The maximum absolute atomic E-state index is 5.90. The van der Waals surface area contributed by atoms with Crippen molar-refractivity contribution in [2.24, 2.45) is 5.73 Å². The summed E-state index contributed by atoms with van der Waals surface area (Å²) in [5, 5.41) is 0.975. The SMILES string of the molecule is Cc1ccc(OCc2nc(C)c(C(C)N)s2)cc1C. The third-order valence-electron chi connectivity index (χ3n) is 3.13. The second-order valence-electron chi connectivity index (χ2n) is 4.88. The zero-order valence-corrected chi connectivity index (χ0v) is 12.7. The van der Waals surface area contributed by atoms with Crippen LogP contribution in [0.2, 0.25) is 0 Å². The van der Waals surface area contributed by atoms with Crippen molar-refractivity contribution < 1.29 is 4.74 Å². The van der Waals surface area contributed by atoms with Crippen LogP contribution in [0.1, 0.15) is 39.7 Å². The Morgan fingerprint density at radius 3 is 2.58 bits per heavy atom. The summed E-state index contributed by atoms with van der Waals surface area (Å²) < 4.78 is 5.78. The van der Waals surface area contributed by atoms with E-state index in [0.29, 0.717) is 6.61 Å². The van der Waals surface area contributed by atoms with E-state index in [4.69, 9.17) is 10.5 Å². The van der Waals surface area contributed by atoms with Crippen molar-refractivity contribution >= 4 is 11.3 Å². The maximum atomic E-state index is 5.90. The van der Waals surface area contributed by atoms with Gasteiger partial charge in [0.25, 0.3) is 0 Å². The molecule has 2 rings (SSSR count). The van der Waals surface area contributed by atoms with Gasteiger partial charge >= 0.3 is 0 Å². The number of nitrogens with zero attached hydrogens (tertiary/aromatic N) is 1. The summed E-state index contributed by atoms with van der Waals surface area (Å²) in [4.78, 5) is 5.64. The predicted octanol–water partition coefficient (Wildman–Crippen LogP) is 3.67. The van der Waals surface area contributed by atoms with Gasteiger partial charge in [0.2, 0.25) is 0 Å². The van der Waals surface area contributed by atoms with Gasteiger partial charge in [-0.25, -0.2) is 4.98 Å². The quantitative estimate of drug-likeness (QED) is 0.927. The van der Waals surface area contributed by atoms with Crippen LogP contribution in [0.3, 0.4) is 0 Å². The molecular weight excluding hydrogens is 256 g/mol. The van der Waals surface area contributed by atoms with E-state index in [2.05, 4.69) is 31.0 Å². The van der Waals surface area contributed by atoms with Crippen LogP contribution in [0.25, 0.3) is 0 Å². The first-order valence-electron chi connectivity index (χ1n) is 6.39. The van der Waals surface area contributed by atoms with Gasteiger partial charge in [0.1, 0.15) is 17.4 Å². The third kappa shape index (κ3) is 3.33. The number of aryl methyl sites for hydroxylation is 3. The number of thiazole rings is 1. The highest BCUT2D eigenvalue weighted by molar-refractivity contribution is 7.11. The summed E-state index contributed by atoms with van der Waals surface area (Å²) in [6.45, 7) is 8.66. The molecule has 3 nitrogen and oxygen atoms in total. The molecule has 4 heteroatoms. The van der Waals surface area contributed by atoms with Gasteiger partial charge in [0.15, 0.2) is 0 Å². The second-order valence-corrected chi connectivity index (χ2v) is 6.00. The third-order valence-corrected chi connectivity index (χ3v) is 4.46. The zero-order valence-electron chi connectivity index (χ0n) is 11.9. The van der Waals surface area contributed by atoms with Gasteiger partial charge in [-0.05, 0) is 51.0 Å². The number of hydrogen-bond donors (Lipinski definition) is 1. The van der Waals surface area contributed by atoms with Crippen molar-refractivity contribution in [3.8, 4) is 5.75 Å². The Bertz CT molecular complexity index is 576. The second kappa shape index (κ2) is 5.72. The van der Waals surface area contributed by atoms with Crippen LogP contribution in [0.15, 0.2) is 18.2 Å². The molecule has 0 saturated heterocycles. The molecule has 102 valence electrons. The first kappa shape index (κ1) is 14.0. The molecule has 2 aromatic rings. The molecule has 1 unspecified atom stereocenters. The minimum absolute atomic E-state index is 0.0351. The molecule has 0 aliphatic heterocycles. The molecular formula is C15H20N2OS. The summed E-state index contributed by atoms with van der Waals surface area (Å²) in [5.74, 6) is 0.887. The largest absolute Gasteiger partial charge is 0.486 e. The molecule has 0 amide bonds. The van der Waals surface area contributed by atoms with E-state index in [-0.39, 0.29) is 6.04 Å². The molecule has 2 N–H and O–H groups in total. The van der Waals surface area contributed by atoms with Crippen LogP contribution >= 0.6 is 11.3 Å². The predicted molar refractivity (Wildman–Crippen MR) is 79.7 cm³/mol. The summed E-state index contributed by atoms with van der Waals surface area (Å²) in [5.41, 5.74) is 9.43. The van der Waals surface area contributed by atoms with Crippen LogP contribution < -0.4 is 10.5 Å². The Morgan fingerprint density at radius 2 is 2.00 bits per heavy atom. The molecule has 0 aliphatic carbocycles. The molecule has 0 aliphatic rings. The van der Waals surface area contributed by atoms with Gasteiger partial charge in [-0.2, -0.15) is 0 Å². The first-order chi connectivity index (χ1) is 8.97. The summed E-state index contributed by atoms with van der Waals surface area (Å²) in [7, 11) is 0. The molecule has 0 fully saturated rings. The average Bonchev–Trinajstić information content (AvgIpc) is 2.72. The highest BCUT2D eigenvalue weighted by atomic mass is 32.1. The molecule has 0 spiro atoms. The minimum atomic E-state index is 0.0351. The normalized spacial score (nSPS) is 12.5. The monoisotopic (exact) mass is 276 g/mol. The van der Waals surface area contributed by atoms with Gasteiger partial charge in [-0.3, -0.25) is 0 Å². The summed E-state index contributed by atoms with van der Waals surface area (Å²) >= 11 is 1.63. The fourth-order valence-corrected chi connectivity index (χ4v) is 2.83. The van der Waals surface area contributed by atoms with Crippen molar-refractivity contribution in [1.82, 2.24) is 4.98 Å². The van der Waals surface area contributed by atoms with Crippen LogP contribution in [-0.4, -0.2) is 4.98 Å². The topological polar surface area (TPSA) is 48.1 Å². The summed E-state index contributed by atoms with van der Waals surface area (Å²) in [6, 6.07) is 6.16. The number of benzene rings is 1. The standard InChI is InChI=1S/C15H20N2OS/c1-9-5-6-13(7-10(9)2)18-8-14-17-12(4)15(19-14)11(3)16/h5-7,11H,8,16H2,1-4H3. The Hall–Kier alpha value is -1.39. The lowest BCUT2D eigenvalue weighted by atomic mass is 10.1. The fourth-order valence-electron chi connectivity index (χ4n) is 1.90. The number of hydrogen-bond acceptors (Lipinski definition) is 4. The molecule has 1 heterocycles. The molecule has 0 saturated carbocycles. The van der Waals surface area contributed by atoms with Crippen LogP contribution in [0.4, 0.5) is 0 Å². The van der Waals surface area contributed by atoms with E-state index in [1.54, 1.807) is 11.3 Å². The lowest BCUT2D eigenvalue weighted by Gasteiger charge is -2.06. The van der Waals surface area contributed by atoms with E-state index >= 15 is 0 Å². The zero-order chi connectivity index (χ0) is 14.0. The highest BCUT2D eigenvalue weighted by Gasteiger charge is 2.11. The van der Waals surface area contributed by atoms with Crippen molar-refractivity contribution in [3.05, 3.63) is 44.9 Å². The number of rotatable bonds is 4. The van der Waals surface area contributed by atoms with Crippen molar-refractivity contribution in [2.45, 2.75) is 40.3 Å². The Morgan fingerprint density at radius 1 is 1.26 bits per heavy atom. The smallest absolute Gasteiger partial charge is 0.140 e. The fraction of sp³-hybridized carbons (Fsp3) is 0.400. The lowest BCUT2D eigenvalue weighted by Crippen LogP contribution is -2.03. The Labute approximate surface area is 118 Å². The highest BCUT2D eigenvalue weighted by Crippen LogP contribution is 2.25. The van der Waals surface area contributed by atoms with Crippen LogP contribution in [0, 0.1) is 20.8 Å². The van der Waals surface area contributed by atoms with Crippen molar-refractivity contribution in [1.29, 1.82) is 0 Å². The molecule has 1 aromatic heterocycles. The van der Waals surface area contributed by atoms with E-state index in [9.17, 15) is 0 Å². The number of ether oxygens (including phenoxy) is 1. The van der Waals surface area contributed by atoms with E-state index in [1.807, 2.05) is 19.9 Å². The van der Waals surface area contributed by atoms with Gasteiger partial charge in [0, 0.05) is 10.9 Å². The first-order valence-corrected chi connectivity index (χ1v) is 7.21. The van der Waals surface area contributed by atoms with Crippen molar-refractivity contribution in [2.75, 3.05) is 0 Å². The van der Waals surface area contributed by atoms with Gasteiger partial charge in [0.05, 0.1) is 5.69 Å². The van der Waals surface area contributed by atoms with Gasteiger partial charge in [-0.15, -0.1) is 11.3 Å². The Balaban J connectivity index is 2.06. The molecule has 0 radical (unpaired) electrons. The van der Waals surface area contributed by atoms with Crippen molar-refractivity contribution in [3.63, 3.8) is 0 Å². The minimum Gasteiger partial charge on any atom is -0.486 e. The van der Waals surface area contributed by atoms with E-state index < -0.39 is 0 Å². The molecule has 1 aromatic carbocycles.